The third-order valence-electron chi connectivity index (χ3n) is 3.54. The second kappa shape index (κ2) is 7.74. The molecule has 1 aliphatic heterocycles. The van der Waals surface area contributed by atoms with Gasteiger partial charge in [0.2, 0.25) is 0 Å². The molecule has 1 aromatic heterocycles. The van der Waals surface area contributed by atoms with Gasteiger partial charge in [-0.05, 0) is 23.1 Å². The molecule has 0 fully saturated rings. The van der Waals surface area contributed by atoms with Crippen LogP contribution in [0, 0.1) is 5.92 Å². The largest absolute Gasteiger partial charge is 0.342 e. The molecule has 2 atom stereocenters. The highest BCUT2D eigenvalue weighted by atomic mass is 32.2. The van der Waals surface area contributed by atoms with Gasteiger partial charge < -0.3 is 5.32 Å². The summed E-state index contributed by atoms with van der Waals surface area (Å²) in [5.41, 5.74) is 3.74. The van der Waals surface area contributed by atoms with Crippen molar-refractivity contribution in [2.75, 3.05) is 6.54 Å². The maximum Gasteiger partial charge on any atom is 0.270 e. The van der Waals surface area contributed by atoms with Crippen LogP contribution in [-0.4, -0.2) is 34.8 Å². The quantitative estimate of drug-likeness (QED) is 0.631. The Kier molecular flexibility index (Phi) is 5.22. The lowest BCUT2D eigenvalue weighted by Crippen LogP contribution is -2.35. The van der Waals surface area contributed by atoms with Crippen LogP contribution in [0.5, 0.6) is 0 Å². The van der Waals surface area contributed by atoms with Crippen molar-refractivity contribution in [2.45, 2.75) is 5.25 Å². The van der Waals surface area contributed by atoms with Gasteiger partial charge in [0.25, 0.3) is 11.8 Å². The molecule has 6 nitrogen and oxygen atoms in total. The molecule has 0 radical (unpaired) electrons. The van der Waals surface area contributed by atoms with Crippen molar-refractivity contribution in [1.29, 1.82) is 0 Å². The summed E-state index contributed by atoms with van der Waals surface area (Å²) in [6.45, 7) is -0.158. The number of rotatable bonds is 5. The van der Waals surface area contributed by atoms with E-state index in [1.807, 2.05) is 17.6 Å². The van der Waals surface area contributed by atoms with Crippen LogP contribution in [0.25, 0.3) is 0 Å². The highest BCUT2D eigenvalue weighted by Gasteiger charge is 2.26. The first-order chi connectivity index (χ1) is 11.7. The van der Waals surface area contributed by atoms with Crippen molar-refractivity contribution in [3.8, 4) is 0 Å². The molecule has 0 spiro atoms. The number of amides is 2. The summed E-state index contributed by atoms with van der Waals surface area (Å²) in [6.07, 6.45) is 11.5. The smallest absolute Gasteiger partial charge is 0.270 e. The van der Waals surface area contributed by atoms with Gasteiger partial charge in [-0.3, -0.25) is 14.6 Å². The van der Waals surface area contributed by atoms with Crippen LogP contribution in [0.1, 0.15) is 10.5 Å². The highest BCUT2D eigenvalue weighted by Crippen LogP contribution is 2.38. The van der Waals surface area contributed by atoms with E-state index in [9.17, 15) is 9.59 Å². The van der Waals surface area contributed by atoms with Crippen molar-refractivity contribution in [1.82, 2.24) is 15.7 Å². The van der Waals surface area contributed by atoms with Crippen molar-refractivity contribution in [2.24, 2.45) is 11.0 Å². The Morgan fingerprint density at radius 2 is 2.17 bits per heavy atom. The van der Waals surface area contributed by atoms with E-state index in [0.29, 0.717) is 11.2 Å². The van der Waals surface area contributed by atoms with Crippen molar-refractivity contribution >= 4 is 29.8 Å². The molecule has 0 saturated carbocycles. The minimum Gasteiger partial charge on any atom is -0.342 e. The van der Waals surface area contributed by atoms with Crippen LogP contribution in [0.2, 0.25) is 0 Å². The van der Waals surface area contributed by atoms with E-state index in [1.165, 1.54) is 6.20 Å². The first-order valence-corrected chi connectivity index (χ1v) is 8.40. The third kappa shape index (κ3) is 3.99. The molecule has 0 aromatic carbocycles. The van der Waals surface area contributed by atoms with Crippen LogP contribution < -0.4 is 10.7 Å². The molecule has 3 rings (SSSR count). The van der Waals surface area contributed by atoms with Gasteiger partial charge in [0.15, 0.2) is 0 Å². The molecule has 0 saturated heterocycles. The zero-order chi connectivity index (χ0) is 16.8. The Labute approximate surface area is 143 Å². The summed E-state index contributed by atoms with van der Waals surface area (Å²) in [4.78, 5) is 27.4. The molecule has 24 heavy (non-hydrogen) atoms. The minimum absolute atomic E-state index is 0.158. The van der Waals surface area contributed by atoms with Crippen LogP contribution >= 0.6 is 11.8 Å². The van der Waals surface area contributed by atoms with E-state index in [4.69, 9.17) is 0 Å². The summed E-state index contributed by atoms with van der Waals surface area (Å²) < 4.78 is 0. The van der Waals surface area contributed by atoms with E-state index in [2.05, 4.69) is 33.0 Å². The monoisotopic (exact) mass is 340 g/mol. The SMILES string of the molecule is O=C(CNC(=O)c1ccccn1)N/N=C/C1=CSC2C=CC=CC12. The maximum absolute atomic E-state index is 11.8. The van der Waals surface area contributed by atoms with Gasteiger partial charge in [0.05, 0.1) is 12.8 Å². The van der Waals surface area contributed by atoms with Gasteiger partial charge in [-0.2, -0.15) is 5.10 Å². The number of nitrogens with one attached hydrogen (secondary N) is 2. The number of aromatic nitrogens is 1. The van der Waals surface area contributed by atoms with Crippen molar-refractivity contribution < 1.29 is 9.59 Å². The van der Waals surface area contributed by atoms with Gasteiger partial charge in [0, 0.05) is 17.4 Å². The molecule has 122 valence electrons. The van der Waals surface area contributed by atoms with Crippen LogP contribution in [0.4, 0.5) is 0 Å². The fraction of sp³-hybridized carbons (Fsp3) is 0.176. The number of hydrazone groups is 1. The van der Waals surface area contributed by atoms with Gasteiger partial charge in [-0.25, -0.2) is 5.43 Å². The lowest BCUT2D eigenvalue weighted by molar-refractivity contribution is -0.120. The van der Waals surface area contributed by atoms with E-state index in [1.54, 1.807) is 36.2 Å². The number of hydrogen-bond donors (Lipinski definition) is 2. The Balaban J connectivity index is 1.44. The van der Waals surface area contributed by atoms with Gasteiger partial charge >= 0.3 is 0 Å². The molecular formula is C17H16N4O2S. The standard InChI is InChI=1S/C17H16N4O2S/c22-16(10-19-17(23)14-6-3-4-8-18-14)21-20-9-12-11-24-15-7-2-1-5-13(12)15/h1-9,11,13,15H,10H2,(H,19,23)(H,21,22)/b20-9+. The summed E-state index contributed by atoms with van der Waals surface area (Å²) in [5.74, 6) is -0.492. The van der Waals surface area contributed by atoms with Crippen LogP contribution in [0.3, 0.4) is 0 Å². The number of nitrogens with zero attached hydrogens (tertiary/aromatic N) is 2. The van der Waals surface area contributed by atoms with Crippen LogP contribution in [-0.2, 0) is 4.79 Å². The van der Waals surface area contributed by atoms with Crippen molar-refractivity contribution in [3.63, 3.8) is 0 Å². The lowest BCUT2D eigenvalue weighted by Gasteiger charge is -2.15. The predicted octanol–water partition coefficient (Wildman–Crippen LogP) is 1.65. The first-order valence-electron chi connectivity index (χ1n) is 7.46. The fourth-order valence-electron chi connectivity index (χ4n) is 2.34. The summed E-state index contributed by atoms with van der Waals surface area (Å²) in [6, 6.07) is 5.01. The zero-order valence-corrected chi connectivity index (χ0v) is 13.6. The maximum atomic E-state index is 11.8. The van der Waals surface area contributed by atoms with Gasteiger partial charge in [-0.1, -0.05) is 30.4 Å². The fourth-order valence-corrected chi connectivity index (χ4v) is 3.47. The molecule has 1 aromatic rings. The summed E-state index contributed by atoms with van der Waals surface area (Å²) in [7, 11) is 0. The van der Waals surface area contributed by atoms with E-state index in [-0.39, 0.29) is 12.2 Å². The second-order valence-corrected chi connectivity index (χ2v) is 6.26. The highest BCUT2D eigenvalue weighted by molar-refractivity contribution is 8.03. The lowest BCUT2D eigenvalue weighted by atomic mass is 9.94. The van der Waals surface area contributed by atoms with E-state index in [0.717, 1.165) is 5.57 Å². The summed E-state index contributed by atoms with van der Waals surface area (Å²) >= 11 is 1.74. The van der Waals surface area contributed by atoms with E-state index >= 15 is 0 Å². The van der Waals surface area contributed by atoms with Gasteiger partial charge in [-0.15, -0.1) is 11.8 Å². The number of allylic oxidation sites excluding steroid dienone is 4. The molecule has 0 bridgehead atoms. The first kappa shape index (κ1) is 16.2. The number of pyridine rings is 1. The van der Waals surface area contributed by atoms with Gasteiger partial charge in [0.1, 0.15) is 5.69 Å². The zero-order valence-electron chi connectivity index (χ0n) is 12.8. The van der Waals surface area contributed by atoms with E-state index < -0.39 is 11.8 Å². The third-order valence-corrected chi connectivity index (χ3v) is 4.71. The number of fused-ring (bicyclic) bond motifs is 1. The molecule has 2 amide bonds. The average Bonchev–Trinajstić information content (AvgIpc) is 3.04. The molecule has 1 aliphatic carbocycles. The topological polar surface area (TPSA) is 83.5 Å². The molecule has 2 aliphatic rings. The molecular weight excluding hydrogens is 324 g/mol. The number of carbonyl (C=O) groups excluding carboxylic acids is 2. The molecule has 2 heterocycles. The molecule has 7 heteroatoms. The normalized spacial score (nSPS) is 21.4. The minimum atomic E-state index is -0.397. The Bertz CT molecular complexity index is 740. The van der Waals surface area contributed by atoms with Crippen LogP contribution in [0.15, 0.2) is 64.8 Å². The van der Waals surface area contributed by atoms with Crippen molar-refractivity contribution in [3.05, 3.63) is 65.4 Å². The predicted molar refractivity (Wildman–Crippen MR) is 94.4 cm³/mol. The molecule has 2 N–H and O–H groups in total. The number of hydrogen-bond acceptors (Lipinski definition) is 5. The average molecular weight is 340 g/mol. The Morgan fingerprint density at radius 1 is 1.29 bits per heavy atom. The molecule has 2 unspecified atom stereocenters. The Morgan fingerprint density at radius 3 is 3.00 bits per heavy atom. The number of thioether (sulfide) groups is 1. The second-order valence-electron chi connectivity index (χ2n) is 5.20. The Hall–Kier alpha value is -2.67. The summed E-state index contributed by atoms with van der Waals surface area (Å²) in [5, 5.41) is 8.92. The number of carbonyl (C=O) groups is 2.